The molecule has 1 aromatic heterocycles. The molecule has 208 valence electrons. The number of benzene rings is 3. The summed E-state index contributed by atoms with van der Waals surface area (Å²) in [5, 5.41) is 15.9. The van der Waals surface area contributed by atoms with Crippen molar-refractivity contribution < 1.29 is 19.4 Å². The highest BCUT2D eigenvalue weighted by atomic mass is 16.5. The Morgan fingerprint density at radius 1 is 1.05 bits per heavy atom. The number of hydrogen-bond acceptors (Lipinski definition) is 10. The topological polar surface area (TPSA) is 149 Å². The van der Waals surface area contributed by atoms with Crippen LogP contribution in [0.3, 0.4) is 0 Å². The van der Waals surface area contributed by atoms with Gasteiger partial charge in [0.15, 0.2) is 17.3 Å². The number of ketones is 1. The second kappa shape index (κ2) is 11.9. The maximum absolute atomic E-state index is 13.6. The van der Waals surface area contributed by atoms with Gasteiger partial charge < -0.3 is 26.0 Å². The van der Waals surface area contributed by atoms with Crippen molar-refractivity contribution in [1.29, 1.82) is 0 Å². The van der Waals surface area contributed by atoms with Crippen LogP contribution in [0.2, 0.25) is 0 Å². The number of aromatic nitrogens is 2. The van der Waals surface area contributed by atoms with Gasteiger partial charge in [-0.3, -0.25) is 9.80 Å². The predicted molar refractivity (Wildman–Crippen MR) is 157 cm³/mol. The van der Waals surface area contributed by atoms with Crippen molar-refractivity contribution in [2.75, 3.05) is 25.7 Å². The van der Waals surface area contributed by atoms with Crippen LogP contribution in [0, 0.1) is 0 Å². The highest BCUT2D eigenvalue weighted by molar-refractivity contribution is 6.07. The zero-order valence-electron chi connectivity index (χ0n) is 22.7. The number of methoxy groups -OCH3 is 2. The zero-order valence-corrected chi connectivity index (χ0v) is 22.7. The minimum Gasteiger partial charge on any atom is -0.493 e. The molecule has 1 aliphatic heterocycles. The average molecular weight is 551 g/mol. The molecule has 3 aromatic carbocycles. The summed E-state index contributed by atoms with van der Waals surface area (Å²) in [6.07, 6.45) is 6.81. The number of aliphatic hydroxyl groups excluding tert-OH is 1. The Bertz CT molecular complexity index is 1630. The maximum atomic E-state index is 13.6. The summed E-state index contributed by atoms with van der Waals surface area (Å²) in [6, 6.07) is 18.9. The molecule has 41 heavy (non-hydrogen) atoms. The Balaban J connectivity index is 1.49. The number of nitrogen functional groups attached to an aromatic ring is 2. The first kappa shape index (κ1) is 27.4. The van der Waals surface area contributed by atoms with Crippen molar-refractivity contribution in [2.45, 2.75) is 19.1 Å². The summed E-state index contributed by atoms with van der Waals surface area (Å²) < 4.78 is 11.1. The van der Waals surface area contributed by atoms with Crippen LogP contribution in [0.25, 0.3) is 0 Å². The fraction of sp³-hybridized carbons (Fsp3) is 0.161. The molecule has 1 aliphatic rings. The lowest BCUT2D eigenvalue weighted by Gasteiger charge is -2.31. The van der Waals surface area contributed by atoms with E-state index >= 15 is 0 Å². The van der Waals surface area contributed by atoms with Gasteiger partial charge >= 0.3 is 0 Å². The van der Waals surface area contributed by atoms with E-state index in [1.807, 2.05) is 48.5 Å². The second-order valence-corrected chi connectivity index (χ2v) is 9.43. The van der Waals surface area contributed by atoms with Crippen molar-refractivity contribution in [3.8, 4) is 11.5 Å². The molecule has 0 saturated heterocycles. The molecule has 0 spiro atoms. The smallest absolute Gasteiger partial charge is 0.221 e. The highest BCUT2D eigenvalue weighted by Crippen LogP contribution is 2.36. The maximum Gasteiger partial charge on any atom is 0.221 e. The minimum absolute atomic E-state index is 0.0416. The van der Waals surface area contributed by atoms with Crippen LogP contribution >= 0.6 is 0 Å². The van der Waals surface area contributed by atoms with Crippen LogP contribution in [-0.2, 0) is 13.0 Å². The first-order chi connectivity index (χ1) is 19.9. The average Bonchev–Trinajstić information content (AvgIpc) is 3.00. The van der Waals surface area contributed by atoms with Crippen molar-refractivity contribution in [1.82, 2.24) is 15.0 Å². The van der Waals surface area contributed by atoms with Gasteiger partial charge in [-0.15, -0.1) is 0 Å². The third kappa shape index (κ3) is 5.73. The van der Waals surface area contributed by atoms with Gasteiger partial charge in [0.05, 0.1) is 32.6 Å². The molecule has 0 amide bonds. The summed E-state index contributed by atoms with van der Waals surface area (Å²) in [4.78, 5) is 21.7. The third-order valence-electron chi connectivity index (χ3n) is 6.86. The van der Waals surface area contributed by atoms with Crippen LogP contribution in [0.15, 0.2) is 84.2 Å². The highest BCUT2D eigenvalue weighted by Gasteiger charge is 2.26. The first-order valence-electron chi connectivity index (χ1n) is 12.9. The van der Waals surface area contributed by atoms with Gasteiger partial charge in [-0.25, -0.2) is 4.98 Å². The Morgan fingerprint density at radius 2 is 1.83 bits per heavy atom. The summed E-state index contributed by atoms with van der Waals surface area (Å²) in [6.45, 7) is -0.0416. The molecule has 5 N–H and O–H groups in total. The Labute approximate surface area is 237 Å². The summed E-state index contributed by atoms with van der Waals surface area (Å²) >= 11 is 0. The number of aliphatic hydroxyl groups is 1. The lowest BCUT2D eigenvalue weighted by Crippen LogP contribution is -2.25. The number of nitrogens with zero attached hydrogens (tertiary/aromatic N) is 4. The molecular formula is C31H30N6O4. The van der Waals surface area contributed by atoms with E-state index in [1.54, 1.807) is 35.8 Å². The molecule has 10 heteroatoms. The number of ether oxygens (including phenoxy) is 2. The van der Waals surface area contributed by atoms with Gasteiger partial charge in [0.1, 0.15) is 11.9 Å². The Kier molecular flexibility index (Phi) is 7.93. The molecule has 0 bridgehead atoms. The van der Waals surface area contributed by atoms with E-state index in [-0.39, 0.29) is 30.2 Å². The number of carbonyl (C=O) groups excluding carboxylic acids is 1. The molecule has 0 aliphatic carbocycles. The number of hydrazone groups is 1. The third-order valence-corrected chi connectivity index (χ3v) is 6.86. The Hall–Kier alpha value is -5.22. The van der Waals surface area contributed by atoms with Gasteiger partial charge in [-0.2, -0.15) is 10.1 Å². The first-order valence-corrected chi connectivity index (χ1v) is 12.9. The van der Waals surface area contributed by atoms with E-state index in [0.29, 0.717) is 29.0 Å². The SMILES string of the molecule is COc1cc(Cc2cnc(N)nc2N)cc(C(=O)/C=C/N2N=Cc3ccccc3C2c2ccc(CO)cc2)c1OC. The largest absolute Gasteiger partial charge is 0.493 e. The van der Waals surface area contributed by atoms with Crippen LogP contribution in [0.1, 0.15) is 49.8 Å². The van der Waals surface area contributed by atoms with Gasteiger partial charge in [0.25, 0.3) is 0 Å². The van der Waals surface area contributed by atoms with E-state index in [2.05, 4.69) is 15.1 Å². The van der Waals surface area contributed by atoms with Crippen molar-refractivity contribution in [3.05, 3.63) is 118 Å². The number of nitrogens with two attached hydrogens (primary N) is 2. The molecule has 1 unspecified atom stereocenters. The van der Waals surface area contributed by atoms with E-state index in [9.17, 15) is 9.90 Å². The summed E-state index contributed by atoms with van der Waals surface area (Å²) in [5.74, 6) is 0.776. The van der Waals surface area contributed by atoms with Crippen LogP contribution in [0.5, 0.6) is 11.5 Å². The van der Waals surface area contributed by atoms with Gasteiger partial charge in [0, 0.05) is 36.0 Å². The number of carbonyl (C=O) groups is 1. The van der Waals surface area contributed by atoms with Gasteiger partial charge in [-0.1, -0.05) is 48.5 Å². The lowest BCUT2D eigenvalue weighted by atomic mass is 9.93. The normalized spacial score (nSPS) is 14.2. The van der Waals surface area contributed by atoms with Crippen molar-refractivity contribution in [3.63, 3.8) is 0 Å². The number of rotatable bonds is 9. The second-order valence-electron chi connectivity index (χ2n) is 9.43. The summed E-state index contributed by atoms with van der Waals surface area (Å²) in [7, 11) is 3.00. The lowest BCUT2D eigenvalue weighted by molar-refractivity contribution is 0.104. The fourth-order valence-corrected chi connectivity index (χ4v) is 4.81. The van der Waals surface area contributed by atoms with E-state index in [1.165, 1.54) is 20.3 Å². The number of allylic oxidation sites excluding steroid dienone is 1. The number of hydrogen-bond donors (Lipinski definition) is 3. The van der Waals surface area contributed by atoms with Gasteiger partial charge in [-0.05, 0) is 34.4 Å². The molecular weight excluding hydrogens is 520 g/mol. The van der Waals surface area contributed by atoms with E-state index in [0.717, 1.165) is 27.8 Å². The van der Waals surface area contributed by atoms with Crippen LogP contribution in [0.4, 0.5) is 11.8 Å². The molecule has 0 radical (unpaired) electrons. The standard InChI is InChI=1S/C31H30N6O4/c1-40-27-15-20(13-23-16-34-31(33)36-30(23)32)14-25(29(27)41-2)26(39)11-12-37-28(21-9-7-19(18-38)8-10-21)24-6-4-3-5-22(24)17-35-37/h3-12,14-17,28,38H,13,18H2,1-2H3,(H4,32,33,34,36)/b12-11+. The van der Waals surface area contributed by atoms with Crippen LogP contribution < -0.4 is 20.9 Å². The monoisotopic (exact) mass is 550 g/mol. The summed E-state index contributed by atoms with van der Waals surface area (Å²) in [5.41, 5.74) is 17.2. The molecule has 2 heterocycles. The fourth-order valence-electron chi connectivity index (χ4n) is 4.81. The van der Waals surface area contributed by atoms with Crippen molar-refractivity contribution >= 4 is 23.8 Å². The minimum atomic E-state index is -0.299. The molecule has 0 saturated carbocycles. The number of anilines is 2. The molecule has 0 fully saturated rings. The van der Waals surface area contributed by atoms with Gasteiger partial charge in [0.2, 0.25) is 5.95 Å². The molecule has 10 nitrogen and oxygen atoms in total. The quantitative estimate of drug-likeness (QED) is 0.208. The predicted octanol–water partition coefficient (Wildman–Crippen LogP) is 3.88. The molecule has 4 aromatic rings. The van der Waals surface area contributed by atoms with E-state index in [4.69, 9.17) is 20.9 Å². The van der Waals surface area contributed by atoms with Crippen LogP contribution in [-0.4, -0.2) is 46.3 Å². The van der Waals surface area contributed by atoms with E-state index < -0.39 is 0 Å². The molecule has 1 atom stereocenters. The van der Waals surface area contributed by atoms with Crippen molar-refractivity contribution in [2.24, 2.45) is 5.10 Å². The zero-order chi connectivity index (χ0) is 28.9. The Morgan fingerprint density at radius 3 is 2.54 bits per heavy atom. The number of fused-ring (bicyclic) bond motifs is 1. The molecule has 5 rings (SSSR count).